The van der Waals surface area contributed by atoms with Gasteiger partial charge in [0.2, 0.25) is 5.91 Å². The molecule has 0 saturated heterocycles. The van der Waals surface area contributed by atoms with Crippen molar-refractivity contribution in [1.29, 1.82) is 0 Å². The molecule has 29 heavy (non-hydrogen) atoms. The molecule has 9 heteroatoms. The molecule has 0 saturated carbocycles. The highest BCUT2D eigenvalue weighted by molar-refractivity contribution is 5.96. The molecule has 2 aromatic rings. The number of alkyl halides is 3. The molecule has 2 amide bonds. The predicted octanol–water partition coefficient (Wildman–Crippen LogP) is 3.63. The SMILES string of the molecule is Cl.Nc1ccc2c(c1)CCCC2NC(=O)CNC(=O)c1ccc(C(F)(F)F)cc1. The molecular weight excluding hydrogens is 407 g/mol. The van der Waals surface area contributed by atoms with Gasteiger partial charge < -0.3 is 16.4 Å². The molecule has 1 aliphatic rings. The van der Waals surface area contributed by atoms with Crippen LogP contribution in [0.1, 0.15) is 45.9 Å². The number of aryl methyl sites for hydroxylation is 1. The minimum absolute atomic E-state index is 0. The van der Waals surface area contributed by atoms with Crippen molar-refractivity contribution >= 4 is 29.9 Å². The Kier molecular flexibility index (Phi) is 7.13. The lowest BCUT2D eigenvalue weighted by Gasteiger charge is -2.26. The largest absolute Gasteiger partial charge is 0.416 e. The van der Waals surface area contributed by atoms with Crippen LogP contribution in [0.4, 0.5) is 18.9 Å². The molecule has 4 N–H and O–H groups in total. The lowest BCUT2D eigenvalue weighted by Crippen LogP contribution is -2.39. The van der Waals surface area contributed by atoms with Gasteiger partial charge in [0.05, 0.1) is 18.2 Å². The first-order chi connectivity index (χ1) is 13.2. The standard InChI is InChI=1S/C20H20F3N3O2.ClH/c21-20(22,23)14-6-4-12(5-7-14)19(28)25-11-18(27)26-17-3-1-2-13-10-15(24)8-9-16(13)17;/h4-10,17H,1-3,11,24H2,(H,25,28)(H,26,27);1H. The molecular formula is C20H21ClF3N3O2. The van der Waals surface area contributed by atoms with Gasteiger partial charge in [0.15, 0.2) is 0 Å². The summed E-state index contributed by atoms with van der Waals surface area (Å²) in [6.45, 7) is -0.263. The van der Waals surface area contributed by atoms with Crippen molar-refractivity contribution in [1.82, 2.24) is 10.6 Å². The van der Waals surface area contributed by atoms with E-state index in [0.29, 0.717) is 5.69 Å². The molecule has 156 valence electrons. The number of nitrogens with one attached hydrogen (secondary N) is 2. The van der Waals surface area contributed by atoms with E-state index < -0.39 is 17.6 Å². The van der Waals surface area contributed by atoms with Crippen molar-refractivity contribution in [3.05, 3.63) is 64.7 Å². The van der Waals surface area contributed by atoms with Crippen molar-refractivity contribution < 1.29 is 22.8 Å². The maximum Gasteiger partial charge on any atom is 0.416 e. The molecule has 2 aromatic carbocycles. The Bertz CT molecular complexity index is 886. The van der Waals surface area contributed by atoms with Gasteiger partial charge in [-0.1, -0.05) is 6.07 Å². The lowest BCUT2D eigenvalue weighted by molar-refractivity contribution is -0.137. The van der Waals surface area contributed by atoms with E-state index in [2.05, 4.69) is 10.6 Å². The maximum absolute atomic E-state index is 12.6. The average Bonchev–Trinajstić information content (AvgIpc) is 2.65. The fourth-order valence-corrected chi connectivity index (χ4v) is 3.30. The molecule has 0 heterocycles. The van der Waals surface area contributed by atoms with Gasteiger partial charge >= 0.3 is 6.18 Å². The van der Waals surface area contributed by atoms with Crippen molar-refractivity contribution in [2.75, 3.05) is 12.3 Å². The van der Waals surface area contributed by atoms with Crippen molar-refractivity contribution in [3.63, 3.8) is 0 Å². The van der Waals surface area contributed by atoms with E-state index >= 15 is 0 Å². The van der Waals surface area contributed by atoms with Crippen LogP contribution in [0.2, 0.25) is 0 Å². The number of anilines is 1. The van der Waals surface area contributed by atoms with Crippen LogP contribution in [0.15, 0.2) is 42.5 Å². The van der Waals surface area contributed by atoms with Crippen molar-refractivity contribution in [2.45, 2.75) is 31.5 Å². The molecule has 0 aliphatic heterocycles. The molecule has 0 aromatic heterocycles. The fourth-order valence-electron chi connectivity index (χ4n) is 3.30. The molecule has 1 atom stereocenters. The van der Waals surface area contributed by atoms with Crippen LogP contribution in [0.25, 0.3) is 0 Å². The number of hydrogen-bond acceptors (Lipinski definition) is 3. The second-order valence-electron chi connectivity index (χ2n) is 6.73. The Morgan fingerprint density at radius 3 is 2.45 bits per heavy atom. The third kappa shape index (κ3) is 5.63. The van der Waals surface area contributed by atoms with Gasteiger partial charge in [0.25, 0.3) is 5.91 Å². The highest BCUT2D eigenvalue weighted by atomic mass is 35.5. The predicted molar refractivity (Wildman–Crippen MR) is 106 cm³/mol. The van der Waals surface area contributed by atoms with Gasteiger partial charge in [-0.25, -0.2) is 0 Å². The summed E-state index contributed by atoms with van der Waals surface area (Å²) in [5.41, 5.74) is 7.81. The smallest absolute Gasteiger partial charge is 0.399 e. The monoisotopic (exact) mass is 427 g/mol. The highest BCUT2D eigenvalue weighted by Gasteiger charge is 2.30. The first kappa shape index (κ1) is 22.5. The quantitative estimate of drug-likeness (QED) is 0.651. The Balaban J connectivity index is 0.00000300. The molecule has 0 spiro atoms. The minimum Gasteiger partial charge on any atom is -0.399 e. The number of carbonyl (C=O) groups is 2. The third-order valence-corrected chi connectivity index (χ3v) is 4.70. The summed E-state index contributed by atoms with van der Waals surface area (Å²) in [6.07, 6.45) is -1.86. The van der Waals surface area contributed by atoms with Crippen molar-refractivity contribution in [3.8, 4) is 0 Å². The summed E-state index contributed by atoms with van der Waals surface area (Å²) in [5, 5.41) is 5.31. The van der Waals surface area contributed by atoms with Gasteiger partial charge in [-0.2, -0.15) is 13.2 Å². The number of halogens is 4. The number of carbonyl (C=O) groups excluding carboxylic acids is 2. The van der Waals surface area contributed by atoms with Crippen LogP contribution in [0.3, 0.4) is 0 Å². The molecule has 5 nitrogen and oxygen atoms in total. The van der Waals surface area contributed by atoms with Gasteiger partial charge in [0.1, 0.15) is 0 Å². The molecule has 0 bridgehead atoms. The summed E-state index contributed by atoms with van der Waals surface area (Å²) in [7, 11) is 0. The summed E-state index contributed by atoms with van der Waals surface area (Å²) in [6, 6.07) is 9.26. The van der Waals surface area contributed by atoms with E-state index in [4.69, 9.17) is 5.73 Å². The Labute approximate surface area is 172 Å². The number of hydrogen-bond donors (Lipinski definition) is 3. The van der Waals surface area contributed by atoms with E-state index in [-0.39, 0.29) is 36.5 Å². The zero-order valence-electron chi connectivity index (χ0n) is 15.4. The number of rotatable bonds is 4. The summed E-state index contributed by atoms with van der Waals surface area (Å²) in [5.74, 6) is -0.976. The Hall–Kier alpha value is -2.74. The van der Waals surface area contributed by atoms with Crippen LogP contribution >= 0.6 is 12.4 Å². The van der Waals surface area contributed by atoms with Crippen LogP contribution in [0.5, 0.6) is 0 Å². The van der Waals surface area contributed by atoms with Crippen LogP contribution in [-0.4, -0.2) is 18.4 Å². The number of amides is 2. The normalized spacial score (nSPS) is 15.6. The van der Waals surface area contributed by atoms with Crippen molar-refractivity contribution in [2.24, 2.45) is 0 Å². The Morgan fingerprint density at radius 2 is 1.79 bits per heavy atom. The first-order valence-electron chi connectivity index (χ1n) is 8.87. The third-order valence-electron chi connectivity index (χ3n) is 4.70. The molecule has 1 unspecified atom stereocenters. The minimum atomic E-state index is -4.46. The van der Waals surface area contributed by atoms with Gasteiger partial charge in [-0.05, 0) is 66.8 Å². The summed E-state index contributed by atoms with van der Waals surface area (Å²) in [4.78, 5) is 24.3. The fraction of sp³-hybridized carbons (Fsp3) is 0.300. The van der Waals surface area contributed by atoms with Crippen LogP contribution < -0.4 is 16.4 Å². The molecule has 0 fully saturated rings. The summed E-state index contributed by atoms with van der Waals surface area (Å²) < 4.78 is 37.7. The summed E-state index contributed by atoms with van der Waals surface area (Å²) >= 11 is 0. The number of benzene rings is 2. The average molecular weight is 428 g/mol. The number of fused-ring (bicyclic) bond motifs is 1. The molecule has 1 aliphatic carbocycles. The first-order valence-corrected chi connectivity index (χ1v) is 8.87. The van der Waals surface area contributed by atoms with Gasteiger partial charge in [0, 0.05) is 11.3 Å². The van der Waals surface area contributed by atoms with E-state index in [1.54, 1.807) is 6.07 Å². The van der Waals surface area contributed by atoms with E-state index in [9.17, 15) is 22.8 Å². The molecule has 0 radical (unpaired) electrons. The maximum atomic E-state index is 12.6. The Morgan fingerprint density at radius 1 is 1.10 bits per heavy atom. The van der Waals surface area contributed by atoms with Gasteiger partial charge in [-0.15, -0.1) is 12.4 Å². The van der Waals surface area contributed by atoms with Gasteiger partial charge in [-0.3, -0.25) is 9.59 Å². The van der Waals surface area contributed by atoms with Crippen LogP contribution in [-0.2, 0) is 17.4 Å². The lowest BCUT2D eigenvalue weighted by atomic mass is 9.87. The highest BCUT2D eigenvalue weighted by Crippen LogP contribution is 2.31. The van der Waals surface area contributed by atoms with E-state index in [1.165, 1.54) is 0 Å². The van der Waals surface area contributed by atoms with E-state index in [1.807, 2.05) is 12.1 Å². The second kappa shape index (κ2) is 9.17. The number of nitrogen functional groups attached to an aromatic ring is 1. The zero-order chi connectivity index (χ0) is 20.3. The zero-order valence-corrected chi connectivity index (χ0v) is 16.2. The van der Waals surface area contributed by atoms with Crippen LogP contribution in [0, 0.1) is 0 Å². The number of nitrogens with two attached hydrogens (primary N) is 1. The topological polar surface area (TPSA) is 84.2 Å². The second-order valence-corrected chi connectivity index (χ2v) is 6.73. The molecule has 3 rings (SSSR count). The van der Waals surface area contributed by atoms with E-state index in [0.717, 1.165) is 54.7 Å².